The van der Waals surface area contributed by atoms with E-state index in [1.54, 1.807) is 37.1 Å². The third kappa shape index (κ3) is 8.76. The average Bonchev–Trinajstić information content (AvgIpc) is 4.05. The number of amides is 4. The predicted octanol–water partition coefficient (Wildman–Crippen LogP) is 6.65. The summed E-state index contributed by atoms with van der Waals surface area (Å²) in [5.41, 5.74) is 13.2. The van der Waals surface area contributed by atoms with Gasteiger partial charge in [-0.05, 0) is 53.3 Å². The molecule has 0 unspecified atom stereocenters. The highest BCUT2D eigenvalue weighted by atomic mass is 19.1. The van der Waals surface area contributed by atoms with Crippen molar-refractivity contribution in [1.29, 1.82) is 0 Å². The van der Waals surface area contributed by atoms with E-state index in [2.05, 4.69) is 40.6 Å². The lowest BCUT2D eigenvalue weighted by molar-refractivity contribution is -0.136. The van der Waals surface area contributed by atoms with Crippen LogP contribution in [0.1, 0.15) is 70.7 Å². The maximum atomic E-state index is 15.5. The fourth-order valence-corrected chi connectivity index (χ4v) is 7.58. The summed E-state index contributed by atoms with van der Waals surface area (Å²) >= 11 is 0. The highest BCUT2D eigenvalue weighted by Gasteiger charge is 2.42. The van der Waals surface area contributed by atoms with Crippen molar-refractivity contribution < 1.29 is 33.0 Å². The van der Waals surface area contributed by atoms with Crippen LogP contribution in [0.25, 0.3) is 44.1 Å². The van der Waals surface area contributed by atoms with E-state index >= 15 is 4.39 Å². The first-order valence-electron chi connectivity index (χ1n) is 19.2. The smallest absolute Gasteiger partial charge is 0.407 e. The summed E-state index contributed by atoms with van der Waals surface area (Å²) in [6, 6.07) is 11.9. The Balaban J connectivity index is 1.15. The van der Waals surface area contributed by atoms with Crippen molar-refractivity contribution in [3.63, 3.8) is 0 Å². The molecule has 4 amide bonds. The zero-order valence-electron chi connectivity index (χ0n) is 33.2. The van der Waals surface area contributed by atoms with Gasteiger partial charge in [-0.15, -0.1) is 0 Å². The standard InChI is InChI=1S/C40H48FN11O6/c1-21(2)31(46-39(55)57-5)37(53)51-17-7-8-29(51)35-43-19-28(44-35)25-13-9-23(10-14-25)24-11-15-26(16-12-24)33-34(41)48-36(45-33)30-18-27(49-50-42)20-52(30)38(54)32(22(3)4)47-40(56)58-6/h9-16,19,21-22,27,29-32H,7-8,17-18,20H2,1-6H3,(H,43,44)(H,45,48)(H,46,55)(H,47,56)/t27-,29-,30-,31-,32-/m0/s1. The van der Waals surface area contributed by atoms with Crippen molar-refractivity contribution in [2.24, 2.45) is 17.0 Å². The van der Waals surface area contributed by atoms with Gasteiger partial charge in [-0.25, -0.2) is 19.6 Å². The maximum Gasteiger partial charge on any atom is 0.407 e. The summed E-state index contributed by atoms with van der Waals surface area (Å²) in [4.78, 5) is 72.7. The Bertz CT molecular complexity index is 2160. The Kier molecular flexibility index (Phi) is 12.6. The minimum absolute atomic E-state index is 0.0710. The summed E-state index contributed by atoms with van der Waals surface area (Å²) in [5.74, 6) is -0.843. The number of carbonyl (C=O) groups is 4. The normalized spacial score (nSPS) is 18.8. The van der Waals surface area contributed by atoms with Crippen LogP contribution in [0.15, 0.2) is 59.8 Å². The average molecular weight is 798 g/mol. The van der Waals surface area contributed by atoms with Gasteiger partial charge in [-0.3, -0.25) is 9.59 Å². The van der Waals surface area contributed by atoms with Gasteiger partial charge in [0.1, 0.15) is 29.4 Å². The molecule has 2 fully saturated rings. The summed E-state index contributed by atoms with van der Waals surface area (Å²) in [6.45, 7) is 7.94. The van der Waals surface area contributed by atoms with Crippen LogP contribution in [-0.2, 0) is 19.1 Å². The number of nitrogens with one attached hydrogen (secondary N) is 4. The number of aromatic nitrogens is 4. The first-order chi connectivity index (χ1) is 27.8. The van der Waals surface area contributed by atoms with E-state index in [0.717, 1.165) is 35.2 Å². The lowest BCUT2D eigenvalue weighted by Crippen LogP contribution is -2.51. The Morgan fingerprint density at radius 2 is 1.38 bits per heavy atom. The lowest BCUT2D eigenvalue weighted by Gasteiger charge is -2.30. The van der Waals surface area contributed by atoms with Crippen LogP contribution in [0, 0.1) is 17.8 Å². The number of azide groups is 1. The Hall–Kier alpha value is -6.42. The molecule has 5 atom stereocenters. The number of hydrogen-bond acceptors (Lipinski definition) is 9. The summed E-state index contributed by atoms with van der Waals surface area (Å²) in [5, 5.41) is 9.06. The summed E-state index contributed by atoms with van der Waals surface area (Å²) < 4.78 is 25.0. The van der Waals surface area contributed by atoms with E-state index in [1.807, 2.05) is 50.2 Å². The van der Waals surface area contributed by atoms with Gasteiger partial charge in [-0.2, -0.15) is 4.39 Å². The third-order valence-corrected chi connectivity index (χ3v) is 10.7. The van der Waals surface area contributed by atoms with Crippen LogP contribution in [0.4, 0.5) is 14.0 Å². The molecule has 0 spiro atoms. The van der Waals surface area contributed by atoms with Crippen LogP contribution in [-0.4, -0.2) is 99.2 Å². The molecule has 18 heteroatoms. The predicted molar refractivity (Wildman–Crippen MR) is 211 cm³/mol. The van der Waals surface area contributed by atoms with E-state index in [9.17, 15) is 19.2 Å². The minimum Gasteiger partial charge on any atom is -0.453 e. The number of carbonyl (C=O) groups excluding carboxylic acids is 4. The number of methoxy groups -OCH3 is 2. The second-order valence-corrected chi connectivity index (χ2v) is 15.1. The molecule has 2 saturated heterocycles. The van der Waals surface area contributed by atoms with Gasteiger partial charge >= 0.3 is 12.2 Å². The molecule has 306 valence electrons. The van der Waals surface area contributed by atoms with Crippen LogP contribution in [0.5, 0.6) is 0 Å². The first kappa shape index (κ1) is 41.2. The number of imidazole rings is 2. The highest BCUT2D eigenvalue weighted by Crippen LogP contribution is 2.37. The Morgan fingerprint density at radius 1 is 0.828 bits per heavy atom. The summed E-state index contributed by atoms with van der Waals surface area (Å²) in [6.07, 6.45) is 2.11. The quantitative estimate of drug-likeness (QED) is 0.0688. The van der Waals surface area contributed by atoms with E-state index < -0.39 is 48.2 Å². The molecule has 0 radical (unpaired) electrons. The Morgan fingerprint density at radius 3 is 1.93 bits per heavy atom. The molecule has 0 aliphatic carbocycles. The monoisotopic (exact) mass is 797 g/mol. The number of halogens is 1. The number of nitrogens with zero attached hydrogens (tertiary/aromatic N) is 7. The first-order valence-corrected chi connectivity index (χ1v) is 19.2. The minimum atomic E-state index is -0.931. The zero-order chi connectivity index (χ0) is 41.7. The molecule has 4 N–H and O–H groups in total. The van der Waals surface area contributed by atoms with Gasteiger partial charge in [0.2, 0.25) is 17.8 Å². The van der Waals surface area contributed by atoms with E-state index in [0.29, 0.717) is 17.9 Å². The fraction of sp³-hybridized carbons (Fsp3) is 0.450. The van der Waals surface area contributed by atoms with Crippen LogP contribution in [0.3, 0.4) is 0 Å². The molecule has 58 heavy (non-hydrogen) atoms. The molecule has 4 aromatic rings. The van der Waals surface area contributed by atoms with Crippen molar-refractivity contribution >= 4 is 24.0 Å². The number of ether oxygens (including phenoxy) is 2. The number of H-pyrrole nitrogens is 2. The van der Waals surface area contributed by atoms with Crippen molar-refractivity contribution in [3.8, 4) is 33.6 Å². The lowest BCUT2D eigenvalue weighted by atomic mass is 10.0. The molecule has 6 rings (SSSR count). The second-order valence-electron chi connectivity index (χ2n) is 15.1. The molecule has 2 aliphatic heterocycles. The Labute approximate surface area is 334 Å². The number of rotatable bonds is 12. The molecule has 0 bridgehead atoms. The van der Waals surface area contributed by atoms with Gasteiger partial charge in [0, 0.05) is 23.6 Å². The number of likely N-dealkylation sites (tertiary alicyclic amines) is 2. The molecule has 4 heterocycles. The van der Waals surface area contributed by atoms with Crippen LogP contribution in [0.2, 0.25) is 0 Å². The summed E-state index contributed by atoms with van der Waals surface area (Å²) in [7, 11) is 2.47. The van der Waals surface area contributed by atoms with Gasteiger partial charge < -0.3 is 39.9 Å². The van der Waals surface area contributed by atoms with Crippen molar-refractivity contribution in [2.75, 3.05) is 27.3 Å². The maximum absolute atomic E-state index is 15.5. The molecule has 17 nitrogen and oxygen atoms in total. The number of alkyl carbamates (subject to hydrolysis) is 2. The molecule has 0 saturated carbocycles. The molecule has 2 aromatic heterocycles. The van der Waals surface area contributed by atoms with Crippen molar-refractivity contribution in [2.45, 2.75) is 77.2 Å². The topological polar surface area (TPSA) is 223 Å². The van der Waals surface area contributed by atoms with Crippen molar-refractivity contribution in [3.05, 3.63) is 82.8 Å². The van der Waals surface area contributed by atoms with E-state index in [-0.39, 0.29) is 48.3 Å². The van der Waals surface area contributed by atoms with Gasteiger partial charge in [0.05, 0.1) is 44.2 Å². The van der Waals surface area contributed by atoms with Gasteiger partial charge in [0.25, 0.3) is 0 Å². The van der Waals surface area contributed by atoms with Gasteiger partial charge in [0.15, 0.2) is 0 Å². The third-order valence-electron chi connectivity index (χ3n) is 10.7. The number of benzene rings is 2. The number of hydrogen-bond donors (Lipinski definition) is 4. The molecule has 2 aromatic carbocycles. The fourth-order valence-electron chi connectivity index (χ4n) is 7.58. The van der Waals surface area contributed by atoms with Crippen molar-refractivity contribution in [1.82, 2.24) is 40.4 Å². The zero-order valence-corrected chi connectivity index (χ0v) is 33.2. The highest BCUT2D eigenvalue weighted by molar-refractivity contribution is 5.87. The van der Waals surface area contributed by atoms with E-state index in [4.69, 9.17) is 15.0 Å². The van der Waals surface area contributed by atoms with Crippen LogP contribution < -0.4 is 10.6 Å². The number of aromatic amines is 2. The van der Waals surface area contributed by atoms with E-state index in [1.165, 1.54) is 19.1 Å². The molecular formula is C40H48FN11O6. The van der Waals surface area contributed by atoms with Gasteiger partial charge in [-0.1, -0.05) is 81.3 Å². The second kappa shape index (κ2) is 17.8. The largest absolute Gasteiger partial charge is 0.453 e. The SMILES string of the molecule is COC(=O)N[C@H](C(=O)N1CCC[C@H]1c1ncc(-c2ccc(-c3ccc(-c4nc([C@@H]5C[C@H](N=[N+]=[N-])CN5C(=O)[C@@H](NC(=O)OC)C(C)C)[nH]c4F)cc3)cc2)[nH]1)C(C)C. The molecular weight excluding hydrogens is 750 g/mol. The van der Waals surface area contributed by atoms with Crippen LogP contribution >= 0.6 is 0 Å². The molecule has 2 aliphatic rings.